The maximum Gasteiger partial charge on any atom is 0.130 e. The van der Waals surface area contributed by atoms with Gasteiger partial charge in [-0.25, -0.2) is 9.37 Å². The van der Waals surface area contributed by atoms with Gasteiger partial charge in [0.2, 0.25) is 0 Å². The summed E-state index contributed by atoms with van der Waals surface area (Å²) >= 11 is 0. The molecule has 0 bridgehead atoms. The van der Waals surface area contributed by atoms with Crippen LogP contribution in [0, 0.1) is 11.7 Å². The highest BCUT2D eigenvalue weighted by molar-refractivity contribution is 5.58. The topological polar surface area (TPSA) is 41.1 Å². The summed E-state index contributed by atoms with van der Waals surface area (Å²) in [6.45, 7) is 13.1. The van der Waals surface area contributed by atoms with Crippen molar-refractivity contribution in [2.75, 3.05) is 67.3 Å². The Labute approximate surface area is 235 Å². The highest BCUT2D eigenvalue weighted by Gasteiger charge is 2.47. The molecule has 3 saturated heterocycles. The number of nitrogens with zero attached hydrogens (tertiary/aromatic N) is 4. The van der Waals surface area contributed by atoms with Crippen LogP contribution in [-0.4, -0.2) is 69.7 Å². The Hall–Kier alpha value is -2.38. The van der Waals surface area contributed by atoms with Gasteiger partial charge < -0.3 is 24.2 Å². The van der Waals surface area contributed by atoms with E-state index < -0.39 is 0 Å². The largest absolute Gasteiger partial charge is 0.379 e. The highest BCUT2D eigenvalue weighted by atomic mass is 19.1. The van der Waals surface area contributed by atoms with E-state index in [4.69, 9.17) is 14.5 Å². The molecule has 3 atom stereocenters. The van der Waals surface area contributed by atoms with Crippen molar-refractivity contribution in [2.45, 2.75) is 77.8 Å². The molecule has 0 amide bonds. The van der Waals surface area contributed by atoms with Crippen molar-refractivity contribution < 1.29 is 13.9 Å². The third-order valence-electron chi connectivity index (χ3n) is 8.21. The highest BCUT2D eigenvalue weighted by Crippen LogP contribution is 2.41. The molecule has 3 unspecified atom stereocenters. The first kappa shape index (κ1) is 29.6. The van der Waals surface area contributed by atoms with Gasteiger partial charge in [-0.15, -0.1) is 0 Å². The molecular weight excluding hydrogens is 491 g/mol. The van der Waals surface area contributed by atoms with Gasteiger partial charge in [-0.3, -0.25) is 0 Å². The number of fused-ring (bicyclic) bond motifs is 1. The van der Waals surface area contributed by atoms with E-state index in [9.17, 15) is 4.39 Å². The minimum Gasteiger partial charge on any atom is -0.379 e. The average Bonchev–Trinajstić information content (AvgIpc) is 3.37. The molecule has 6 nitrogen and oxygen atoms in total. The van der Waals surface area contributed by atoms with Gasteiger partial charge in [0, 0.05) is 68.9 Å². The Morgan fingerprint density at radius 1 is 0.872 bits per heavy atom. The second kappa shape index (κ2) is 15.4. The molecule has 0 radical (unpaired) electrons. The van der Waals surface area contributed by atoms with E-state index in [-0.39, 0.29) is 5.82 Å². The standard InChI is InChI=1S/C30H43FN4O2.C2H6/c1-2-17-36-19-20-37-18-12-24-23-35(29-22-26(11-13-32-29)33-14-4-3-5-15-33)28-10-7-16-34(30(24)28)27-9-6-8-25(31)21-27;1-2/h6,8-9,11,13,21-22,24,28,30H,2-5,7,10,12,14-20,23H2,1H3;1-2H3. The van der Waals surface area contributed by atoms with E-state index >= 15 is 0 Å². The summed E-state index contributed by atoms with van der Waals surface area (Å²) in [5.74, 6) is 1.33. The molecule has 0 spiro atoms. The summed E-state index contributed by atoms with van der Waals surface area (Å²) < 4.78 is 25.8. The molecule has 7 heteroatoms. The van der Waals surface area contributed by atoms with Crippen LogP contribution in [0.3, 0.4) is 0 Å². The number of anilines is 3. The fourth-order valence-corrected chi connectivity index (χ4v) is 6.50. The van der Waals surface area contributed by atoms with Gasteiger partial charge in [0.15, 0.2) is 0 Å². The first-order valence-corrected chi connectivity index (χ1v) is 15.4. The molecule has 3 aliphatic heterocycles. The zero-order valence-corrected chi connectivity index (χ0v) is 24.4. The molecule has 216 valence electrons. The third kappa shape index (κ3) is 7.63. The van der Waals surface area contributed by atoms with Crippen molar-refractivity contribution in [1.82, 2.24) is 4.98 Å². The van der Waals surface area contributed by atoms with Crippen LogP contribution in [0.15, 0.2) is 42.6 Å². The molecular formula is C32H49FN4O2. The van der Waals surface area contributed by atoms with Crippen LogP contribution in [0.5, 0.6) is 0 Å². The molecule has 0 saturated carbocycles. The van der Waals surface area contributed by atoms with Crippen molar-refractivity contribution in [3.8, 4) is 0 Å². The predicted molar refractivity (Wildman–Crippen MR) is 160 cm³/mol. The molecule has 1 aromatic heterocycles. The lowest BCUT2D eigenvalue weighted by Gasteiger charge is -2.43. The van der Waals surface area contributed by atoms with Gasteiger partial charge in [0.25, 0.3) is 0 Å². The third-order valence-corrected chi connectivity index (χ3v) is 8.21. The smallest absolute Gasteiger partial charge is 0.130 e. The zero-order valence-electron chi connectivity index (χ0n) is 24.4. The van der Waals surface area contributed by atoms with Crippen LogP contribution in [-0.2, 0) is 9.47 Å². The summed E-state index contributed by atoms with van der Waals surface area (Å²) in [5.41, 5.74) is 2.28. The Bertz CT molecular complexity index is 986. The summed E-state index contributed by atoms with van der Waals surface area (Å²) in [7, 11) is 0. The van der Waals surface area contributed by atoms with Crippen molar-refractivity contribution in [3.05, 3.63) is 48.4 Å². The zero-order chi connectivity index (χ0) is 27.5. The SMILES string of the molecule is CC.CCCOCCOCCC1CN(c2cc(N3CCCCC3)ccn2)C2CCCN(c3cccc(F)c3)C12. The van der Waals surface area contributed by atoms with Crippen LogP contribution in [0.4, 0.5) is 21.6 Å². The van der Waals surface area contributed by atoms with Gasteiger partial charge >= 0.3 is 0 Å². The van der Waals surface area contributed by atoms with Gasteiger partial charge in [-0.05, 0) is 69.2 Å². The van der Waals surface area contributed by atoms with Gasteiger partial charge in [-0.2, -0.15) is 0 Å². The van der Waals surface area contributed by atoms with Gasteiger partial charge in [0.1, 0.15) is 11.6 Å². The van der Waals surface area contributed by atoms with Gasteiger partial charge in [-0.1, -0.05) is 26.8 Å². The summed E-state index contributed by atoms with van der Waals surface area (Å²) in [6.07, 6.45) is 10.1. The van der Waals surface area contributed by atoms with Crippen molar-refractivity contribution in [2.24, 2.45) is 5.92 Å². The number of pyridine rings is 1. The number of hydrogen-bond acceptors (Lipinski definition) is 6. The second-order valence-corrected chi connectivity index (χ2v) is 10.7. The number of halogens is 1. The second-order valence-electron chi connectivity index (χ2n) is 10.7. The molecule has 3 fully saturated rings. The molecule has 1 aromatic carbocycles. The molecule has 5 rings (SSSR count). The lowest BCUT2D eigenvalue weighted by molar-refractivity contribution is 0.0428. The fraction of sp³-hybridized carbons (Fsp3) is 0.656. The molecule has 0 N–H and O–H groups in total. The number of benzene rings is 1. The van der Waals surface area contributed by atoms with E-state index in [1.54, 1.807) is 6.07 Å². The maximum absolute atomic E-state index is 14.2. The maximum atomic E-state index is 14.2. The Kier molecular flexibility index (Phi) is 11.7. The van der Waals surface area contributed by atoms with E-state index in [1.807, 2.05) is 26.1 Å². The van der Waals surface area contributed by atoms with E-state index in [0.717, 1.165) is 76.6 Å². The van der Waals surface area contributed by atoms with Crippen LogP contribution in [0.1, 0.15) is 65.7 Å². The Morgan fingerprint density at radius 2 is 1.67 bits per heavy atom. The molecule has 39 heavy (non-hydrogen) atoms. The van der Waals surface area contributed by atoms with Gasteiger partial charge in [0.05, 0.1) is 25.3 Å². The summed E-state index contributed by atoms with van der Waals surface area (Å²) in [6, 6.07) is 12.3. The van der Waals surface area contributed by atoms with Crippen molar-refractivity contribution >= 4 is 17.2 Å². The van der Waals surface area contributed by atoms with Crippen LogP contribution >= 0.6 is 0 Å². The van der Waals surface area contributed by atoms with Crippen LogP contribution in [0.25, 0.3) is 0 Å². The summed E-state index contributed by atoms with van der Waals surface area (Å²) in [5, 5.41) is 0. The van der Waals surface area contributed by atoms with E-state index in [2.05, 4.69) is 39.8 Å². The van der Waals surface area contributed by atoms with Crippen LogP contribution < -0.4 is 14.7 Å². The number of rotatable bonds is 11. The molecule has 3 aliphatic rings. The molecule has 2 aromatic rings. The Morgan fingerprint density at radius 3 is 2.44 bits per heavy atom. The fourth-order valence-electron chi connectivity index (χ4n) is 6.50. The van der Waals surface area contributed by atoms with Crippen LogP contribution in [0.2, 0.25) is 0 Å². The van der Waals surface area contributed by atoms with Crippen molar-refractivity contribution in [1.29, 1.82) is 0 Å². The number of ether oxygens (including phenoxy) is 2. The number of piperidine rings is 2. The minimum absolute atomic E-state index is 0.169. The van der Waals surface area contributed by atoms with E-state index in [1.165, 1.54) is 31.0 Å². The van der Waals surface area contributed by atoms with E-state index in [0.29, 0.717) is 31.2 Å². The van der Waals surface area contributed by atoms with Crippen molar-refractivity contribution in [3.63, 3.8) is 0 Å². The monoisotopic (exact) mass is 540 g/mol. The lowest BCUT2D eigenvalue weighted by Crippen LogP contribution is -2.52. The molecule has 4 heterocycles. The molecule has 0 aliphatic carbocycles. The number of aromatic nitrogens is 1. The predicted octanol–water partition coefficient (Wildman–Crippen LogP) is 6.54. The minimum atomic E-state index is -0.169. The quantitative estimate of drug-likeness (QED) is 0.301. The first-order chi connectivity index (χ1) is 19.2. The normalized spacial score (nSPS) is 22.9. The first-order valence-electron chi connectivity index (χ1n) is 15.4. The number of hydrogen-bond donors (Lipinski definition) is 0. The lowest BCUT2D eigenvalue weighted by atomic mass is 9.88. The Balaban J connectivity index is 0.00000172. The average molecular weight is 541 g/mol. The summed E-state index contributed by atoms with van der Waals surface area (Å²) in [4.78, 5) is 12.4.